The second-order valence-corrected chi connectivity index (χ2v) is 6.61. The third kappa shape index (κ3) is 1.82. The van der Waals surface area contributed by atoms with Crippen LogP contribution in [0.15, 0.2) is 12.1 Å². The molecule has 0 aliphatic carbocycles. The van der Waals surface area contributed by atoms with Gasteiger partial charge in [-0.3, -0.25) is 0 Å². The monoisotopic (exact) mass is 310 g/mol. The number of aromatic nitrogens is 2. The van der Waals surface area contributed by atoms with Crippen LogP contribution in [-0.4, -0.2) is 34.1 Å². The minimum atomic E-state index is 0.403. The van der Waals surface area contributed by atoms with E-state index in [-0.39, 0.29) is 0 Å². The molecular weight excluding hydrogens is 295 g/mol. The largest absolute Gasteiger partial charge is 0.369 e. The van der Waals surface area contributed by atoms with Crippen LogP contribution in [0.5, 0.6) is 0 Å². The molecule has 5 rings (SSSR count). The van der Waals surface area contributed by atoms with Gasteiger partial charge in [0.05, 0.1) is 27.1 Å². The van der Waals surface area contributed by atoms with Gasteiger partial charge in [0.1, 0.15) is 0 Å². The van der Waals surface area contributed by atoms with Gasteiger partial charge in [0.15, 0.2) is 0 Å². The summed E-state index contributed by atoms with van der Waals surface area (Å²) < 4.78 is 2.16. The Hall–Kier alpha value is -0.970. The van der Waals surface area contributed by atoms with Crippen molar-refractivity contribution in [2.24, 2.45) is 5.92 Å². The van der Waals surface area contributed by atoms with Gasteiger partial charge in [-0.15, -0.1) is 0 Å². The molecule has 6 heteroatoms. The smallest absolute Gasteiger partial charge is 0.201 e. The normalized spacial score (nSPS) is 29.2. The molecule has 4 nitrogen and oxygen atoms in total. The summed E-state index contributed by atoms with van der Waals surface area (Å²) in [6, 6.07) is 4.09. The highest BCUT2D eigenvalue weighted by Gasteiger charge is 2.36. The minimum Gasteiger partial charge on any atom is -0.369 e. The van der Waals surface area contributed by atoms with Crippen molar-refractivity contribution in [3.05, 3.63) is 22.2 Å². The number of piperidine rings is 3. The molecule has 2 aromatic rings. The molecule has 1 aromatic heterocycles. The van der Waals surface area contributed by atoms with Crippen molar-refractivity contribution >= 4 is 40.2 Å². The molecule has 2 N–H and O–H groups in total. The highest BCUT2D eigenvalue weighted by atomic mass is 35.5. The van der Waals surface area contributed by atoms with Gasteiger partial charge in [-0.1, -0.05) is 23.2 Å². The first kappa shape index (κ1) is 12.7. The van der Waals surface area contributed by atoms with Gasteiger partial charge in [-0.05, 0) is 44.0 Å². The lowest BCUT2D eigenvalue weighted by Crippen LogP contribution is -2.48. The van der Waals surface area contributed by atoms with Crippen molar-refractivity contribution in [3.8, 4) is 0 Å². The second-order valence-electron chi connectivity index (χ2n) is 5.80. The standard InChI is InChI=1S/C14H16Cl2N4/c15-9-5-11-12(6-10(9)16)20(14(17)18-11)13-7-19-3-1-8(13)2-4-19/h5-6,8,13H,1-4,7H2,(H2,17,18). The maximum absolute atomic E-state index is 6.16. The Morgan fingerprint density at radius 3 is 2.50 bits per heavy atom. The fourth-order valence-corrected chi connectivity index (χ4v) is 4.00. The predicted molar refractivity (Wildman–Crippen MR) is 82.4 cm³/mol. The number of hydrogen-bond acceptors (Lipinski definition) is 3. The van der Waals surface area contributed by atoms with Crippen molar-refractivity contribution in [1.82, 2.24) is 14.5 Å². The van der Waals surface area contributed by atoms with Gasteiger partial charge in [0.2, 0.25) is 5.95 Å². The molecule has 1 unspecified atom stereocenters. The van der Waals surface area contributed by atoms with Crippen LogP contribution in [0, 0.1) is 5.92 Å². The van der Waals surface area contributed by atoms with E-state index >= 15 is 0 Å². The molecule has 0 amide bonds. The molecule has 0 radical (unpaired) electrons. The molecule has 2 bridgehead atoms. The average Bonchev–Trinajstić information content (AvgIpc) is 2.76. The lowest BCUT2D eigenvalue weighted by Gasteiger charge is -2.45. The van der Waals surface area contributed by atoms with E-state index in [2.05, 4.69) is 14.5 Å². The molecular formula is C14H16Cl2N4. The lowest BCUT2D eigenvalue weighted by atomic mass is 9.84. The minimum absolute atomic E-state index is 0.403. The Morgan fingerprint density at radius 2 is 1.85 bits per heavy atom. The molecule has 20 heavy (non-hydrogen) atoms. The molecule has 0 spiro atoms. The number of nitrogens with two attached hydrogens (primary N) is 1. The summed E-state index contributed by atoms with van der Waals surface area (Å²) in [5, 5.41) is 1.08. The summed E-state index contributed by atoms with van der Waals surface area (Å²) in [6.45, 7) is 3.47. The number of fused-ring (bicyclic) bond motifs is 4. The van der Waals surface area contributed by atoms with Crippen LogP contribution in [0.4, 0.5) is 5.95 Å². The Morgan fingerprint density at radius 1 is 1.15 bits per heavy atom. The number of rotatable bonds is 1. The Kier molecular flexibility index (Phi) is 2.88. The first-order chi connectivity index (χ1) is 9.63. The van der Waals surface area contributed by atoms with E-state index < -0.39 is 0 Å². The van der Waals surface area contributed by atoms with Gasteiger partial charge >= 0.3 is 0 Å². The number of nitrogens with zero attached hydrogens (tertiary/aromatic N) is 3. The van der Waals surface area contributed by atoms with Crippen LogP contribution < -0.4 is 5.73 Å². The summed E-state index contributed by atoms with van der Waals surface area (Å²) in [6.07, 6.45) is 2.48. The predicted octanol–water partition coefficient (Wildman–Crippen LogP) is 3.19. The molecule has 1 atom stereocenters. The van der Waals surface area contributed by atoms with Crippen LogP contribution in [0.2, 0.25) is 10.0 Å². The van der Waals surface area contributed by atoms with Crippen molar-refractivity contribution < 1.29 is 0 Å². The molecule has 4 heterocycles. The fraction of sp³-hybridized carbons (Fsp3) is 0.500. The summed E-state index contributed by atoms with van der Waals surface area (Å²) in [5.41, 5.74) is 7.99. The van der Waals surface area contributed by atoms with Gasteiger partial charge in [0, 0.05) is 6.54 Å². The van der Waals surface area contributed by atoms with Gasteiger partial charge in [-0.25, -0.2) is 4.98 Å². The summed E-state index contributed by atoms with van der Waals surface area (Å²) in [5.74, 6) is 1.26. The highest BCUT2D eigenvalue weighted by Crippen LogP contribution is 2.39. The number of anilines is 1. The number of benzene rings is 1. The molecule has 3 saturated heterocycles. The van der Waals surface area contributed by atoms with Gasteiger partial charge in [0.25, 0.3) is 0 Å². The molecule has 1 aromatic carbocycles. The topological polar surface area (TPSA) is 47.1 Å². The van der Waals surface area contributed by atoms with E-state index in [1.165, 1.54) is 25.9 Å². The molecule has 3 aliphatic rings. The van der Waals surface area contributed by atoms with Gasteiger partial charge < -0.3 is 15.2 Å². The quantitative estimate of drug-likeness (QED) is 0.880. The zero-order valence-electron chi connectivity index (χ0n) is 11.0. The highest BCUT2D eigenvalue weighted by molar-refractivity contribution is 6.42. The van der Waals surface area contributed by atoms with Crippen molar-refractivity contribution in [1.29, 1.82) is 0 Å². The van der Waals surface area contributed by atoms with Gasteiger partial charge in [-0.2, -0.15) is 0 Å². The average molecular weight is 311 g/mol. The van der Waals surface area contributed by atoms with E-state index in [0.29, 0.717) is 28.0 Å². The van der Waals surface area contributed by atoms with Crippen molar-refractivity contribution in [2.75, 3.05) is 25.4 Å². The Labute approximate surface area is 127 Å². The Bertz CT molecular complexity index is 673. The molecule has 3 aliphatic heterocycles. The second kappa shape index (κ2) is 4.52. The summed E-state index contributed by atoms with van der Waals surface area (Å²) in [4.78, 5) is 6.96. The van der Waals surface area contributed by atoms with E-state index in [9.17, 15) is 0 Å². The molecule has 3 fully saturated rings. The van der Waals surface area contributed by atoms with Crippen LogP contribution >= 0.6 is 23.2 Å². The number of nitrogen functional groups attached to an aromatic ring is 1. The first-order valence-corrected chi connectivity index (χ1v) is 7.74. The molecule has 0 saturated carbocycles. The van der Waals surface area contributed by atoms with Crippen LogP contribution in [0.3, 0.4) is 0 Å². The first-order valence-electron chi connectivity index (χ1n) is 6.98. The fourth-order valence-electron chi connectivity index (χ4n) is 3.68. The number of halogens is 2. The lowest BCUT2D eigenvalue weighted by molar-refractivity contribution is 0.0598. The molecule has 106 valence electrons. The third-order valence-electron chi connectivity index (χ3n) is 4.71. The number of hydrogen-bond donors (Lipinski definition) is 1. The zero-order chi connectivity index (χ0) is 13.9. The summed E-state index contributed by atoms with van der Waals surface area (Å²) >= 11 is 12.2. The maximum atomic E-state index is 6.16. The van der Waals surface area contributed by atoms with Crippen LogP contribution in [-0.2, 0) is 0 Å². The third-order valence-corrected chi connectivity index (χ3v) is 5.43. The number of imidazole rings is 1. The zero-order valence-corrected chi connectivity index (χ0v) is 12.5. The van der Waals surface area contributed by atoms with E-state index in [4.69, 9.17) is 28.9 Å². The van der Waals surface area contributed by atoms with E-state index in [1.54, 1.807) is 6.07 Å². The van der Waals surface area contributed by atoms with Crippen molar-refractivity contribution in [2.45, 2.75) is 18.9 Å². The Balaban J connectivity index is 1.87. The van der Waals surface area contributed by atoms with Crippen LogP contribution in [0.1, 0.15) is 18.9 Å². The SMILES string of the molecule is Nc1nc2cc(Cl)c(Cl)cc2n1C1CN2CCC1CC2. The maximum Gasteiger partial charge on any atom is 0.201 e. The van der Waals surface area contributed by atoms with Crippen molar-refractivity contribution in [3.63, 3.8) is 0 Å². The summed E-state index contributed by atoms with van der Waals surface area (Å²) in [7, 11) is 0. The van der Waals surface area contributed by atoms with Crippen LogP contribution in [0.25, 0.3) is 11.0 Å². The van der Waals surface area contributed by atoms with E-state index in [0.717, 1.165) is 17.6 Å². The van der Waals surface area contributed by atoms with E-state index in [1.807, 2.05) is 6.07 Å².